The highest BCUT2D eigenvalue weighted by Gasteiger charge is 2.32. The Balaban J connectivity index is 2.37. The third-order valence-corrected chi connectivity index (χ3v) is 5.07. The highest BCUT2D eigenvalue weighted by atomic mass is 35.5. The Morgan fingerprint density at radius 3 is 2.58 bits per heavy atom. The lowest BCUT2D eigenvalue weighted by molar-refractivity contribution is 0.532. The first-order valence-electron chi connectivity index (χ1n) is 5.89. The van der Waals surface area contributed by atoms with Crippen molar-refractivity contribution in [2.24, 2.45) is 0 Å². The second-order valence-corrected chi connectivity index (χ2v) is 6.43. The zero-order chi connectivity index (χ0) is 13.9. The monoisotopic (exact) mass is 317 g/mol. The molecule has 0 atom stereocenters. The van der Waals surface area contributed by atoms with Gasteiger partial charge in [-0.3, -0.25) is 0 Å². The van der Waals surface area contributed by atoms with E-state index in [1.165, 1.54) is 12.1 Å². The number of aryl methyl sites for hydroxylation is 1. The molecule has 0 radical (unpaired) electrons. The summed E-state index contributed by atoms with van der Waals surface area (Å²) in [5.74, 6) is 0.422. The maximum absolute atomic E-state index is 13.4. The predicted octanol–water partition coefficient (Wildman–Crippen LogP) is 4.55. The van der Waals surface area contributed by atoms with Crippen LogP contribution in [0.5, 0.6) is 0 Å². The van der Waals surface area contributed by atoms with E-state index in [1.54, 1.807) is 17.4 Å². The Hall–Kier alpha value is -0.640. The van der Waals surface area contributed by atoms with Gasteiger partial charge in [-0.05, 0) is 31.0 Å². The number of hydrogen-bond acceptors (Lipinski definition) is 2. The molecule has 0 saturated carbocycles. The zero-order valence-electron chi connectivity index (χ0n) is 10.5. The molecule has 2 rings (SSSR count). The van der Waals surface area contributed by atoms with Crippen molar-refractivity contribution in [3.8, 4) is 0 Å². The van der Waals surface area contributed by atoms with Crippen LogP contribution in [0.3, 0.4) is 0 Å². The lowest BCUT2D eigenvalue weighted by Crippen LogP contribution is -2.33. The van der Waals surface area contributed by atoms with Crippen LogP contribution >= 0.6 is 34.5 Å². The van der Waals surface area contributed by atoms with Crippen LogP contribution in [0.25, 0.3) is 0 Å². The molecule has 1 heterocycles. The molecule has 0 aliphatic heterocycles. The highest BCUT2D eigenvalue weighted by molar-refractivity contribution is 7.11. The molecule has 102 valence electrons. The Morgan fingerprint density at radius 1 is 1.32 bits per heavy atom. The highest BCUT2D eigenvalue weighted by Crippen LogP contribution is 2.33. The zero-order valence-corrected chi connectivity index (χ0v) is 12.8. The summed E-state index contributed by atoms with van der Waals surface area (Å²) in [6, 6.07) is 6.50. The van der Waals surface area contributed by atoms with Crippen LogP contribution in [0.2, 0.25) is 0 Å². The van der Waals surface area contributed by atoms with E-state index in [4.69, 9.17) is 23.2 Å². The minimum absolute atomic E-state index is 0.266. The fraction of sp³-hybridized carbons (Fsp3) is 0.357. The molecule has 0 amide bonds. The lowest BCUT2D eigenvalue weighted by atomic mass is 9.80. The fourth-order valence-electron chi connectivity index (χ4n) is 2.03. The van der Waals surface area contributed by atoms with E-state index in [0.29, 0.717) is 18.2 Å². The largest absolute Gasteiger partial charge is 0.250 e. The second kappa shape index (κ2) is 6.21. The summed E-state index contributed by atoms with van der Waals surface area (Å²) in [6.45, 7) is 1.96. The lowest BCUT2D eigenvalue weighted by Gasteiger charge is -2.29. The molecule has 1 aromatic carbocycles. The van der Waals surface area contributed by atoms with Gasteiger partial charge in [0.05, 0.1) is 5.01 Å². The van der Waals surface area contributed by atoms with E-state index in [1.807, 2.05) is 19.2 Å². The molecule has 1 nitrogen and oxygen atoms in total. The molecule has 0 spiro atoms. The van der Waals surface area contributed by atoms with Crippen LogP contribution in [0.4, 0.5) is 4.39 Å². The maximum atomic E-state index is 13.4. The molecule has 19 heavy (non-hydrogen) atoms. The summed E-state index contributed by atoms with van der Waals surface area (Å²) in [4.78, 5) is 5.35. The van der Waals surface area contributed by atoms with Gasteiger partial charge in [0.2, 0.25) is 0 Å². The van der Waals surface area contributed by atoms with E-state index >= 15 is 0 Å². The average molecular weight is 318 g/mol. The number of thiazole rings is 1. The van der Waals surface area contributed by atoms with Gasteiger partial charge in [-0.1, -0.05) is 12.1 Å². The van der Waals surface area contributed by atoms with Gasteiger partial charge in [0.1, 0.15) is 5.82 Å². The Morgan fingerprint density at radius 2 is 2.05 bits per heavy atom. The Bertz CT molecular complexity index is 552. The quantitative estimate of drug-likeness (QED) is 0.737. The van der Waals surface area contributed by atoms with Crippen LogP contribution < -0.4 is 0 Å². The SMILES string of the molecule is Cc1ncc(CC(CCl)(CCl)c2cccc(F)c2)s1. The third kappa shape index (κ3) is 3.28. The van der Waals surface area contributed by atoms with Crippen molar-refractivity contribution in [1.29, 1.82) is 0 Å². The number of aromatic nitrogens is 1. The molecule has 0 aliphatic carbocycles. The van der Waals surface area contributed by atoms with Gasteiger partial charge < -0.3 is 0 Å². The molecule has 0 saturated heterocycles. The number of nitrogens with zero attached hydrogens (tertiary/aromatic N) is 1. The summed E-state index contributed by atoms with van der Waals surface area (Å²) in [7, 11) is 0. The maximum Gasteiger partial charge on any atom is 0.123 e. The molecule has 0 N–H and O–H groups in total. The Labute approximate surface area is 126 Å². The predicted molar refractivity (Wildman–Crippen MR) is 80.1 cm³/mol. The van der Waals surface area contributed by atoms with Crippen LogP contribution in [0, 0.1) is 12.7 Å². The molecule has 5 heteroatoms. The van der Waals surface area contributed by atoms with Crippen molar-refractivity contribution >= 4 is 34.5 Å². The number of benzene rings is 1. The van der Waals surface area contributed by atoms with Crippen molar-refractivity contribution < 1.29 is 4.39 Å². The third-order valence-electron chi connectivity index (χ3n) is 3.13. The molecular weight excluding hydrogens is 304 g/mol. The van der Waals surface area contributed by atoms with Crippen molar-refractivity contribution in [3.63, 3.8) is 0 Å². The topological polar surface area (TPSA) is 12.9 Å². The Kier molecular flexibility index (Phi) is 4.82. The second-order valence-electron chi connectivity index (χ2n) is 4.58. The van der Waals surface area contributed by atoms with Gasteiger partial charge in [0, 0.05) is 28.2 Å². The van der Waals surface area contributed by atoms with Gasteiger partial charge in [0.15, 0.2) is 0 Å². The van der Waals surface area contributed by atoms with Gasteiger partial charge >= 0.3 is 0 Å². The molecule has 1 aromatic heterocycles. The van der Waals surface area contributed by atoms with E-state index in [2.05, 4.69) is 4.98 Å². The number of hydrogen-bond donors (Lipinski definition) is 0. The van der Waals surface area contributed by atoms with Crippen LogP contribution in [0.15, 0.2) is 30.5 Å². The average Bonchev–Trinajstić information content (AvgIpc) is 2.81. The summed E-state index contributed by atoms with van der Waals surface area (Å²) >= 11 is 13.9. The molecule has 2 aromatic rings. The summed E-state index contributed by atoms with van der Waals surface area (Å²) in [5, 5.41) is 1.01. The molecule has 0 unspecified atom stereocenters. The summed E-state index contributed by atoms with van der Waals surface area (Å²) in [6.07, 6.45) is 2.52. The molecular formula is C14H14Cl2FNS. The van der Waals surface area contributed by atoms with Crippen molar-refractivity contribution in [3.05, 3.63) is 51.7 Å². The smallest absolute Gasteiger partial charge is 0.123 e. The number of halogens is 3. The summed E-state index contributed by atoms with van der Waals surface area (Å²) in [5.41, 5.74) is 0.382. The van der Waals surface area contributed by atoms with Crippen LogP contribution in [-0.2, 0) is 11.8 Å². The molecule has 0 fully saturated rings. The van der Waals surface area contributed by atoms with Gasteiger partial charge in [-0.25, -0.2) is 9.37 Å². The molecule has 0 bridgehead atoms. The normalized spacial score (nSPS) is 11.8. The van der Waals surface area contributed by atoms with Crippen LogP contribution in [0.1, 0.15) is 15.4 Å². The van der Waals surface area contributed by atoms with Gasteiger partial charge in [-0.15, -0.1) is 34.5 Å². The van der Waals surface area contributed by atoms with Gasteiger partial charge in [0.25, 0.3) is 0 Å². The van der Waals surface area contributed by atoms with Crippen molar-refractivity contribution in [1.82, 2.24) is 4.98 Å². The first-order chi connectivity index (χ1) is 9.09. The first-order valence-corrected chi connectivity index (χ1v) is 7.77. The standard InChI is InChI=1S/C14H14Cl2FNS/c1-10-18-7-13(19-10)6-14(8-15,9-16)11-3-2-4-12(17)5-11/h2-5,7H,6,8-9H2,1H3. The van der Waals surface area contributed by atoms with Crippen molar-refractivity contribution in [2.75, 3.05) is 11.8 Å². The van der Waals surface area contributed by atoms with E-state index in [9.17, 15) is 4.39 Å². The van der Waals surface area contributed by atoms with E-state index in [0.717, 1.165) is 15.4 Å². The van der Waals surface area contributed by atoms with Crippen molar-refractivity contribution in [2.45, 2.75) is 18.8 Å². The minimum Gasteiger partial charge on any atom is -0.250 e. The van der Waals surface area contributed by atoms with E-state index in [-0.39, 0.29) is 5.82 Å². The fourth-order valence-corrected chi connectivity index (χ4v) is 3.75. The van der Waals surface area contributed by atoms with Crippen LogP contribution in [-0.4, -0.2) is 16.7 Å². The summed E-state index contributed by atoms with van der Waals surface area (Å²) < 4.78 is 13.4. The van der Waals surface area contributed by atoms with Gasteiger partial charge in [-0.2, -0.15) is 0 Å². The number of rotatable bonds is 5. The minimum atomic E-state index is -0.454. The first kappa shape index (κ1) is 14.8. The number of alkyl halides is 2. The van der Waals surface area contributed by atoms with E-state index < -0.39 is 5.41 Å². The molecule has 0 aliphatic rings.